The van der Waals surface area contributed by atoms with Crippen molar-refractivity contribution in [2.75, 3.05) is 39.1 Å². The molecule has 1 fully saturated rings. The fourth-order valence-electron chi connectivity index (χ4n) is 3.30. The van der Waals surface area contributed by atoms with E-state index in [0.29, 0.717) is 12.6 Å². The molecule has 2 rings (SSSR count). The molecule has 0 amide bonds. The number of aromatic nitrogens is 3. The number of ether oxygens (including phenoxy) is 1. The second-order valence-electron chi connectivity index (χ2n) is 6.40. The van der Waals surface area contributed by atoms with Crippen molar-refractivity contribution in [2.24, 2.45) is 4.99 Å². The first-order valence-corrected chi connectivity index (χ1v) is 11.1. The second kappa shape index (κ2) is 12.2. The van der Waals surface area contributed by atoms with Crippen LogP contribution in [0.2, 0.25) is 0 Å². The lowest BCUT2D eigenvalue weighted by atomic mass is 10.2. The molecule has 26 heavy (non-hydrogen) atoms. The minimum absolute atomic E-state index is 0.587. The first-order valence-electron chi connectivity index (χ1n) is 9.87. The Labute approximate surface area is 161 Å². The highest BCUT2D eigenvalue weighted by Crippen LogP contribution is 2.33. The molecule has 1 aromatic rings. The molecule has 0 aromatic carbocycles. The van der Waals surface area contributed by atoms with Crippen LogP contribution in [0.15, 0.2) is 10.1 Å². The number of hydrogen-bond donors (Lipinski definition) is 2. The molecule has 1 aliphatic rings. The summed E-state index contributed by atoms with van der Waals surface area (Å²) in [6.45, 7) is 7.92. The van der Waals surface area contributed by atoms with Crippen molar-refractivity contribution in [2.45, 2.75) is 63.6 Å². The van der Waals surface area contributed by atoms with Gasteiger partial charge in [-0.3, -0.25) is 4.99 Å². The first-order chi connectivity index (χ1) is 12.8. The molecular weight excluding hydrogens is 348 g/mol. The lowest BCUT2D eigenvalue weighted by Gasteiger charge is -2.16. The van der Waals surface area contributed by atoms with Gasteiger partial charge in [0.2, 0.25) is 0 Å². The molecule has 0 bridgehead atoms. The zero-order chi connectivity index (χ0) is 18.6. The fourth-order valence-corrected chi connectivity index (χ4v) is 3.88. The molecule has 1 heterocycles. The van der Waals surface area contributed by atoms with Crippen molar-refractivity contribution >= 4 is 17.7 Å². The van der Waals surface area contributed by atoms with E-state index < -0.39 is 0 Å². The van der Waals surface area contributed by atoms with Crippen LogP contribution in [0, 0.1) is 0 Å². The van der Waals surface area contributed by atoms with Crippen molar-refractivity contribution in [3.8, 4) is 0 Å². The van der Waals surface area contributed by atoms with E-state index in [0.717, 1.165) is 56.0 Å². The fraction of sp³-hybridized carbons (Fsp3) is 0.833. The molecule has 8 heteroatoms. The van der Waals surface area contributed by atoms with Gasteiger partial charge in [0.15, 0.2) is 11.1 Å². The van der Waals surface area contributed by atoms with Crippen LogP contribution in [0.3, 0.4) is 0 Å². The van der Waals surface area contributed by atoms with Gasteiger partial charge in [-0.05, 0) is 39.4 Å². The van der Waals surface area contributed by atoms with Crippen LogP contribution < -0.4 is 10.6 Å². The number of thioether (sulfide) groups is 1. The Kier molecular flexibility index (Phi) is 9.84. The number of guanidine groups is 1. The normalized spacial score (nSPS) is 15.6. The standard InChI is InChI=1S/C18H34N6OS/c1-4-19-17(21-13-14-25-5-2)20-12-8-11-16-22-23-18(26-3)24(16)15-9-6-7-10-15/h15H,4-14H2,1-3H3,(H2,19,20,21). The lowest BCUT2D eigenvalue weighted by molar-refractivity contribution is 0.152. The minimum atomic E-state index is 0.587. The predicted molar refractivity (Wildman–Crippen MR) is 108 cm³/mol. The smallest absolute Gasteiger partial charge is 0.191 e. The van der Waals surface area contributed by atoms with E-state index >= 15 is 0 Å². The Bertz CT molecular complexity index is 542. The highest BCUT2D eigenvalue weighted by molar-refractivity contribution is 7.98. The largest absolute Gasteiger partial charge is 0.380 e. The van der Waals surface area contributed by atoms with Gasteiger partial charge in [0, 0.05) is 38.7 Å². The minimum Gasteiger partial charge on any atom is -0.380 e. The first kappa shape index (κ1) is 21.0. The number of aryl methyl sites for hydroxylation is 1. The van der Waals surface area contributed by atoms with Gasteiger partial charge in [-0.2, -0.15) is 0 Å². The quantitative estimate of drug-likeness (QED) is 0.265. The molecule has 0 radical (unpaired) electrons. The summed E-state index contributed by atoms with van der Waals surface area (Å²) in [6, 6.07) is 0.587. The number of aliphatic imine (C=N–C) groups is 1. The Balaban J connectivity index is 1.84. The molecule has 0 atom stereocenters. The summed E-state index contributed by atoms with van der Waals surface area (Å²) in [4.78, 5) is 4.66. The molecule has 1 saturated carbocycles. The molecular formula is C18H34N6OS. The van der Waals surface area contributed by atoms with Gasteiger partial charge in [-0.25, -0.2) is 0 Å². The van der Waals surface area contributed by atoms with Crippen molar-refractivity contribution in [3.63, 3.8) is 0 Å². The highest BCUT2D eigenvalue weighted by Gasteiger charge is 2.23. The molecule has 2 N–H and O–H groups in total. The van der Waals surface area contributed by atoms with Crippen molar-refractivity contribution in [3.05, 3.63) is 5.82 Å². The van der Waals surface area contributed by atoms with Crippen molar-refractivity contribution in [1.82, 2.24) is 25.4 Å². The molecule has 148 valence electrons. The second-order valence-corrected chi connectivity index (χ2v) is 7.17. The van der Waals surface area contributed by atoms with Gasteiger partial charge in [0.25, 0.3) is 0 Å². The molecule has 0 unspecified atom stereocenters. The zero-order valence-electron chi connectivity index (χ0n) is 16.5. The van der Waals surface area contributed by atoms with Gasteiger partial charge >= 0.3 is 0 Å². The number of hydrogen-bond acceptors (Lipinski definition) is 5. The predicted octanol–water partition coefficient (Wildman–Crippen LogP) is 2.64. The molecule has 1 aromatic heterocycles. The summed E-state index contributed by atoms with van der Waals surface area (Å²) < 4.78 is 7.74. The summed E-state index contributed by atoms with van der Waals surface area (Å²) in [5.74, 6) is 1.97. The maximum absolute atomic E-state index is 5.36. The van der Waals surface area contributed by atoms with Crippen LogP contribution in [-0.4, -0.2) is 59.8 Å². The third-order valence-corrected chi connectivity index (χ3v) is 5.17. The van der Waals surface area contributed by atoms with Gasteiger partial charge in [0.1, 0.15) is 5.82 Å². The zero-order valence-corrected chi connectivity index (χ0v) is 17.3. The Morgan fingerprint density at radius 1 is 1.27 bits per heavy atom. The maximum Gasteiger partial charge on any atom is 0.191 e. The lowest BCUT2D eigenvalue weighted by Crippen LogP contribution is -2.39. The molecule has 1 aliphatic carbocycles. The Hall–Kier alpha value is -1.28. The molecule has 0 saturated heterocycles. The van der Waals surface area contributed by atoms with Crippen LogP contribution >= 0.6 is 11.8 Å². The molecule has 7 nitrogen and oxygen atoms in total. The Morgan fingerprint density at radius 3 is 2.77 bits per heavy atom. The highest BCUT2D eigenvalue weighted by atomic mass is 32.2. The van der Waals surface area contributed by atoms with E-state index in [2.05, 4.69) is 43.6 Å². The molecule has 0 spiro atoms. The third kappa shape index (κ3) is 6.46. The summed E-state index contributed by atoms with van der Waals surface area (Å²) in [5, 5.41) is 16.5. The van der Waals surface area contributed by atoms with E-state index in [4.69, 9.17) is 4.74 Å². The van der Waals surface area contributed by atoms with Crippen LogP contribution in [0.1, 0.15) is 57.8 Å². The van der Waals surface area contributed by atoms with E-state index in [1.165, 1.54) is 25.7 Å². The SMILES string of the molecule is CCNC(=NCCCc1nnc(SC)n1C1CCCC1)NCCOCC. The summed E-state index contributed by atoms with van der Waals surface area (Å²) in [7, 11) is 0. The Morgan fingerprint density at radius 2 is 2.08 bits per heavy atom. The monoisotopic (exact) mass is 382 g/mol. The summed E-state index contributed by atoms with van der Waals surface area (Å²) >= 11 is 1.70. The summed E-state index contributed by atoms with van der Waals surface area (Å²) in [6.07, 6.45) is 9.13. The third-order valence-electron chi connectivity index (χ3n) is 4.52. The van der Waals surface area contributed by atoms with Crippen LogP contribution in [-0.2, 0) is 11.2 Å². The van der Waals surface area contributed by atoms with Crippen molar-refractivity contribution in [1.29, 1.82) is 0 Å². The van der Waals surface area contributed by atoms with Crippen LogP contribution in [0.4, 0.5) is 0 Å². The van der Waals surface area contributed by atoms with Crippen molar-refractivity contribution < 1.29 is 4.74 Å². The van der Waals surface area contributed by atoms with Gasteiger partial charge in [-0.15, -0.1) is 10.2 Å². The topological polar surface area (TPSA) is 76.4 Å². The van der Waals surface area contributed by atoms with Gasteiger partial charge < -0.3 is 19.9 Å². The van der Waals surface area contributed by atoms with Crippen LogP contribution in [0.5, 0.6) is 0 Å². The van der Waals surface area contributed by atoms with Gasteiger partial charge in [-0.1, -0.05) is 24.6 Å². The van der Waals surface area contributed by atoms with E-state index in [1.807, 2.05) is 6.92 Å². The van der Waals surface area contributed by atoms with Gasteiger partial charge in [0.05, 0.1) is 6.61 Å². The number of rotatable bonds is 11. The molecule has 0 aliphatic heterocycles. The van der Waals surface area contributed by atoms with E-state index in [9.17, 15) is 0 Å². The maximum atomic E-state index is 5.36. The number of nitrogens with zero attached hydrogens (tertiary/aromatic N) is 4. The van der Waals surface area contributed by atoms with E-state index in [1.54, 1.807) is 11.8 Å². The summed E-state index contributed by atoms with van der Waals surface area (Å²) in [5.41, 5.74) is 0. The average Bonchev–Trinajstić information content (AvgIpc) is 3.31. The average molecular weight is 383 g/mol. The van der Waals surface area contributed by atoms with Crippen LogP contribution in [0.25, 0.3) is 0 Å². The number of nitrogens with one attached hydrogen (secondary N) is 2. The van der Waals surface area contributed by atoms with E-state index in [-0.39, 0.29) is 0 Å².